The van der Waals surface area contributed by atoms with Crippen molar-refractivity contribution in [1.29, 1.82) is 0 Å². The molecule has 1 saturated carbocycles. The van der Waals surface area contributed by atoms with Crippen LogP contribution in [0.5, 0.6) is 0 Å². The lowest BCUT2D eigenvalue weighted by Gasteiger charge is -2.24. The van der Waals surface area contributed by atoms with Crippen molar-refractivity contribution in [3.63, 3.8) is 0 Å². The molecule has 5 heteroatoms. The first kappa shape index (κ1) is 8.87. The van der Waals surface area contributed by atoms with Gasteiger partial charge in [-0.2, -0.15) is 0 Å². The normalized spacial score (nSPS) is 17.3. The summed E-state index contributed by atoms with van der Waals surface area (Å²) in [6.07, 6.45) is 4.12. The maximum atomic E-state index is 5.72. The maximum Gasteiger partial charge on any atom is 0.209 e. The number of nitrogen functional groups attached to an aromatic ring is 1. The lowest BCUT2D eigenvalue weighted by Crippen LogP contribution is -2.15. The molecule has 1 aromatic rings. The Balaban J connectivity index is 1.89. The van der Waals surface area contributed by atoms with Crippen molar-refractivity contribution < 1.29 is 0 Å². The van der Waals surface area contributed by atoms with Gasteiger partial charge in [0.1, 0.15) is 5.82 Å². The van der Waals surface area contributed by atoms with Crippen LogP contribution in [0.1, 0.15) is 25.1 Å². The number of hydrogen-bond acceptors (Lipinski definition) is 4. The van der Waals surface area contributed by atoms with E-state index in [1.165, 1.54) is 19.3 Å². The number of rotatable bonds is 3. The summed E-state index contributed by atoms with van der Waals surface area (Å²) >= 11 is 1.72. The van der Waals surface area contributed by atoms with E-state index in [1.807, 2.05) is 6.92 Å². The molecule has 1 aromatic heterocycles. The van der Waals surface area contributed by atoms with Gasteiger partial charge in [0, 0.05) is 5.75 Å². The molecule has 0 bridgehead atoms. The third kappa shape index (κ3) is 1.80. The van der Waals surface area contributed by atoms with Crippen LogP contribution in [-0.4, -0.2) is 20.6 Å². The molecule has 0 aromatic carbocycles. The van der Waals surface area contributed by atoms with E-state index in [4.69, 9.17) is 5.84 Å². The fraction of sp³-hybridized carbons (Fsp3) is 0.750. The van der Waals surface area contributed by atoms with Crippen LogP contribution >= 0.6 is 11.8 Å². The Kier molecular flexibility index (Phi) is 2.44. The fourth-order valence-corrected chi connectivity index (χ4v) is 2.39. The number of nitrogens with two attached hydrogens (primary N) is 1. The smallest absolute Gasteiger partial charge is 0.209 e. The summed E-state index contributed by atoms with van der Waals surface area (Å²) in [4.78, 5) is 0. The van der Waals surface area contributed by atoms with Crippen LogP contribution in [0, 0.1) is 12.8 Å². The van der Waals surface area contributed by atoms with E-state index in [-0.39, 0.29) is 0 Å². The number of hydrogen-bond donors (Lipinski definition) is 1. The molecule has 1 aliphatic rings. The third-order valence-electron chi connectivity index (χ3n) is 2.51. The predicted molar refractivity (Wildman–Crippen MR) is 53.0 cm³/mol. The summed E-state index contributed by atoms with van der Waals surface area (Å²) < 4.78 is 1.56. The van der Waals surface area contributed by atoms with E-state index < -0.39 is 0 Å². The van der Waals surface area contributed by atoms with Crippen LogP contribution in [-0.2, 0) is 0 Å². The highest BCUT2D eigenvalue weighted by atomic mass is 32.2. The molecular weight excluding hydrogens is 184 g/mol. The van der Waals surface area contributed by atoms with Crippen molar-refractivity contribution in [3.05, 3.63) is 5.82 Å². The SMILES string of the molecule is Cc1nnc(SCC2CCC2)n1N. The van der Waals surface area contributed by atoms with E-state index in [2.05, 4.69) is 10.2 Å². The fourth-order valence-electron chi connectivity index (χ4n) is 1.30. The van der Waals surface area contributed by atoms with Gasteiger partial charge >= 0.3 is 0 Å². The molecule has 2 rings (SSSR count). The Hall–Kier alpha value is -0.710. The van der Waals surface area contributed by atoms with Gasteiger partial charge in [0.2, 0.25) is 5.16 Å². The van der Waals surface area contributed by atoms with Gasteiger partial charge in [-0.05, 0) is 25.7 Å². The largest absolute Gasteiger partial charge is 0.336 e. The van der Waals surface area contributed by atoms with Crippen molar-refractivity contribution in [1.82, 2.24) is 14.9 Å². The predicted octanol–water partition coefficient (Wildman–Crippen LogP) is 1.19. The highest BCUT2D eigenvalue weighted by Crippen LogP contribution is 2.31. The lowest BCUT2D eigenvalue weighted by atomic mass is 9.87. The van der Waals surface area contributed by atoms with Crippen LogP contribution in [0.2, 0.25) is 0 Å². The van der Waals surface area contributed by atoms with E-state index in [9.17, 15) is 0 Å². The van der Waals surface area contributed by atoms with Crippen molar-refractivity contribution in [2.75, 3.05) is 11.6 Å². The molecule has 13 heavy (non-hydrogen) atoms. The number of aryl methyl sites for hydroxylation is 1. The van der Waals surface area contributed by atoms with E-state index >= 15 is 0 Å². The quantitative estimate of drug-likeness (QED) is 0.585. The monoisotopic (exact) mass is 198 g/mol. The Labute approximate surface area is 81.9 Å². The van der Waals surface area contributed by atoms with Gasteiger partial charge in [-0.15, -0.1) is 10.2 Å². The second-order valence-electron chi connectivity index (χ2n) is 3.51. The van der Waals surface area contributed by atoms with E-state index in [1.54, 1.807) is 16.4 Å². The average molecular weight is 198 g/mol. The molecule has 0 amide bonds. The van der Waals surface area contributed by atoms with Crippen LogP contribution < -0.4 is 5.84 Å². The average Bonchev–Trinajstić information content (AvgIpc) is 2.33. The van der Waals surface area contributed by atoms with Gasteiger partial charge in [-0.25, -0.2) is 4.68 Å². The maximum absolute atomic E-state index is 5.72. The highest BCUT2D eigenvalue weighted by molar-refractivity contribution is 7.99. The van der Waals surface area contributed by atoms with Crippen molar-refractivity contribution >= 4 is 11.8 Å². The Morgan fingerprint density at radius 1 is 1.54 bits per heavy atom. The molecule has 0 aliphatic heterocycles. The van der Waals surface area contributed by atoms with E-state index in [0.717, 1.165) is 22.7 Å². The van der Waals surface area contributed by atoms with Gasteiger partial charge in [-0.1, -0.05) is 18.2 Å². The molecule has 1 heterocycles. The molecule has 0 saturated heterocycles. The standard InChI is InChI=1S/C8H14N4S/c1-6-10-11-8(12(6)9)13-5-7-3-2-4-7/h7H,2-5,9H2,1H3. The first-order valence-electron chi connectivity index (χ1n) is 4.57. The zero-order valence-electron chi connectivity index (χ0n) is 7.73. The second kappa shape index (κ2) is 3.57. The number of nitrogens with zero attached hydrogens (tertiary/aromatic N) is 3. The molecule has 4 nitrogen and oxygen atoms in total. The topological polar surface area (TPSA) is 56.7 Å². The second-order valence-corrected chi connectivity index (χ2v) is 4.49. The van der Waals surface area contributed by atoms with Crippen LogP contribution in [0.25, 0.3) is 0 Å². The van der Waals surface area contributed by atoms with Gasteiger partial charge in [0.15, 0.2) is 0 Å². The minimum Gasteiger partial charge on any atom is -0.336 e. The van der Waals surface area contributed by atoms with E-state index in [0.29, 0.717) is 0 Å². The highest BCUT2D eigenvalue weighted by Gasteiger charge is 2.18. The summed E-state index contributed by atoms with van der Waals surface area (Å²) in [5.41, 5.74) is 0. The molecular formula is C8H14N4S. The molecule has 1 fully saturated rings. The lowest BCUT2D eigenvalue weighted by molar-refractivity contribution is 0.353. The zero-order chi connectivity index (χ0) is 9.26. The van der Waals surface area contributed by atoms with Crippen molar-refractivity contribution in [2.45, 2.75) is 31.3 Å². The molecule has 0 radical (unpaired) electrons. The minimum atomic E-state index is 0.774. The molecule has 2 N–H and O–H groups in total. The summed E-state index contributed by atoms with van der Waals surface area (Å²) in [6, 6.07) is 0. The zero-order valence-corrected chi connectivity index (χ0v) is 8.55. The van der Waals surface area contributed by atoms with Gasteiger partial charge < -0.3 is 5.84 Å². The molecule has 0 unspecified atom stereocenters. The first-order valence-corrected chi connectivity index (χ1v) is 5.56. The Morgan fingerprint density at radius 3 is 2.77 bits per heavy atom. The molecule has 0 spiro atoms. The first-order chi connectivity index (χ1) is 6.27. The molecule has 72 valence electrons. The summed E-state index contributed by atoms with van der Waals surface area (Å²) in [5.74, 6) is 8.50. The third-order valence-corrected chi connectivity index (χ3v) is 3.68. The summed E-state index contributed by atoms with van der Waals surface area (Å²) in [5, 5.41) is 8.74. The number of aromatic nitrogens is 3. The van der Waals surface area contributed by atoms with Gasteiger partial charge in [-0.3, -0.25) is 0 Å². The Morgan fingerprint density at radius 2 is 2.31 bits per heavy atom. The van der Waals surface area contributed by atoms with Crippen LogP contribution in [0.4, 0.5) is 0 Å². The Bertz CT molecular complexity index is 292. The summed E-state index contributed by atoms with van der Waals surface area (Å²) in [6.45, 7) is 1.86. The van der Waals surface area contributed by atoms with Crippen molar-refractivity contribution in [3.8, 4) is 0 Å². The van der Waals surface area contributed by atoms with Crippen molar-refractivity contribution in [2.24, 2.45) is 5.92 Å². The number of thioether (sulfide) groups is 1. The van der Waals surface area contributed by atoms with Crippen LogP contribution in [0.15, 0.2) is 5.16 Å². The van der Waals surface area contributed by atoms with Crippen LogP contribution in [0.3, 0.4) is 0 Å². The summed E-state index contributed by atoms with van der Waals surface area (Å²) in [7, 11) is 0. The molecule has 0 atom stereocenters. The minimum absolute atomic E-state index is 0.774. The van der Waals surface area contributed by atoms with Gasteiger partial charge in [0.05, 0.1) is 0 Å². The van der Waals surface area contributed by atoms with Gasteiger partial charge in [0.25, 0.3) is 0 Å². The molecule has 1 aliphatic carbocycles.